The monoisotopic (exact) mass is 265 g/mol. The van der Waals surface area contributed by atoms with Gasteiger partial charge >= 0.3 is 0 Å². The predicted octanol–water partition coefficient (Wildman–Crippen LogP) is 3.05. The van der Waals surface area contributed by atoms with Crippen LogP contribution in [0.2, 0.25) is 0 Å². The third-order valence-corrected chi connectivity index (χ3v) is 4.46. The van der Waals surface area contributed by atoms with Crippen molar-refractivity contribution >= 4 is 9.84 Å². The number of unbranched alkanes of at least 4 members (excludes halogenated alkanes) is 3. The minimum absolute atomic E-state index is 0.0742. The summed E-state index contributed by atoms with van der Waals surface area (Å²) in [5.74, 6) is 0.331. The fourth-order valence-corrected chi connectivity index (χ4v) is 3.24. The fourth-order valence-electron chi connectivity index (χ4n) is 1.75. The SMILES string of the molecule is CCCCCCS(=O)(=O)Cc1ccc(C#N)cc1. The second kappa shape index (κ2) is 7.17. The third-order valence-electron chi connectivity index (χ3n) is 2.78. The Kier molecular flexibility index (Phi) is 5.87. The van der Waals surface area contributed by atoms with Gasteiger partial charge < -0.3 is 0 Å². The van der Waals surface area contributed by atoms with Gasteiger partial charge in [-0.1, -0.05) is 38.3 Å². The Morgan fingerprint density at radius 3 is 2.33 bits per heavy atom. The van der Waals surface area contributed by atoms with Crippen molar-refractivity contribution in [1.29, 1.82) is 5.26 Å². The zero-order valence-electron chi connectivity index (χ0n) is 10.7. The molecule has 0 aromatic heterocycles. The molecular weight excluding hydrogens is 246 g/mol. The molecule has 3 nitrogen and oxygen atoms in total. The van der Waals surface area contributed by atoms with Crippen LogP contribution < -0.4 is 0 Å². The lowest BCUT2D eigenvalue weighted by Gasteiger charge is -2.04. The Morgan fingerprint density at radius 1 is 1.11 bits per heavy atom. The van der Waals surface area contributed by atoms with E-state index in [1.165, 1.54) is 0 Å². The molecule has 0 aliphatic heterocycles. The highest BCUT2D eigenvalue weighted by atomic mass is 32.2. The van der Waals surface area contributed by atoms with Gasteiger partial charge in [0.2, 0.25) is 0 Å². The first kappa shape index (κ1) is 14.7. The molecule has 0 amide bonds. The molecule has 0 fully saturated rings. The maximum atomic E-state index is 11.9. The van der Waals surface area contributed by atoms with Crippen LogP contribution in [0.3, 0.4) is 0 Å². The predicted molar refractivity (Wildman–Crippen MR) is 72.8 cm³/mol. The van der Waals surface area contributed by atoms with Crippen molar-refractivity contribution in [3.63, 3.8) is 0 Å². The summed E-state index contributed by atoms with van der Waals surface area (Å²) in [4.78, 5) is 0. The van der Waals surface area contributed by atoms with E-state index in [-0.39, 0.29) is 11.5 Å². The number of sulfone groups is 1. The van der Waals surface area contributed by atoms with Crippen molar-refractivity contribution in [3.8, 4) is 6.07 Å². The third kappa shape index (κ3) is 5.33. The average molecular weight is 265 g/mol. The molecule has 0 aliphatic rings. The first-order chi connectivity index (χ1) is 8.57. The van der Waals surface area contributed by atoms with E-state index in [1.807, 2.05) is 6.07 Å². The second-order valence-electron chi connectivity index (χ2n) is 4.46. The van der Waals surface area contributed by atoms with E-state index in [1.54, 1.807) is 24.3 Å². The van der Waals surface area contributed by atoms with Gasteiger partial charge in [-0.15, -0.1) is 0 Å². The molecule has 0 heterocycles. The summed E-state index contributed by atoms with van der Waals surface area (Å²) >= 11 is 0. The van der Waals surface area contributed by atoms with Gasteiger partial charge in [0.15, 0.2) is 9.84 Å². The number of rotatable bonds is 7. The Hall–Kier alpha value is -1.34. The molecule has 1 aromatic rings. The molecule has 1 aromatic carbocycles. The molecule has 1 rings (SSSR count). The lowest BCUT2D eigenvalue weighted by atomic mass is 10.2. The summed E-state index contributed by atoms with van der Waals surface area (Å²) in [6.45, 7) is 2.10. The molecular formula is C14H19NO2S. The van der Waals surface area contributed by atoms with E-state index in [4.69, 9.17) is 5.26 Å². The van der Waals surface area contributed by atoms with Gasteiger partial charge in [-0.05, 0) is 24.1 Å². The largest absolute Gasteiger partial charge is 0.228 e. The molecule has 4 heteroatoms. The van der Waals surface area contributed by atoms with Crippen LogP contribution in [0.4, 0.5) is 0 Å². The molecule has 0 N–H and O–H groups in total. The highest BCUT2D eigenvalue weighted by Gasteiger charge is 2.11. The molecule has 0 saturated heterocycles. The van der Waals surface area contributed by atoms with Crippen LogP contribution in [-0.4, -0.2) is 14.2 Å². The molecule has 0 spiro atoms. The van der Waals surface area contributed by atoms with Crippen molar-refractivity contribution in [2.45, 2.75) is 38.4 Å². The zero-order chi connectivity index (χ0) is 13.4. The Morgan fingerprint density at radius 2 is 1.78 bits per heavy atom. The lowest BCUT2D eigenvalue weighted by molar-refractivity contribution is 0.588. The molecule has 0 unspecified atom stereocenters. The standard InChI is InChI=1S/C14H19NO2S/c1-2-3-4-5-10-18(16,17)12-14-8-6-13(11-15)7-9-14/h6-9H,2-5,10,12H2,1H3. The van der Waals surface area contributed by atoms with Crippen molar-refractivity contribution in [2.24, 2.45) is 0 Å². The van der Waals surface area contributed by atoms with Crippen LogP contribution in [0.15, 0.2) is 24.3 Å². The Bertz CT molecular complexity index is 498. The number of hydrogen-bond acceptors (Lipinski definition) is 3. The van der Waals surface area contributed by atoms with Crippen LogP contribution in [0, 0.1) is 11.3 Å². The van der Waals surface area contributed by atoms with Crippen molar-refractivity contribution < 1.29 is 8.42 Å². The van der Waals surface area contributed by atoms with E-state index in [0.29, 0.717) is 5.56 Å². The quantitative estimate of drug-likeness (QED) is 0.712. The zero-order valence-corrected chi connectivity index (χ0v) is 11.5. The van der Waals surface area contributed by atoms with Crippen LogP contribution >= 0.6 is 0 Å². The van der Waals surface area contributed by atoms with E-state index in [2.05, 4.69) is 6.92 Å². The topological polar surface area (TPSA) is 57.9 Å². The van der Waals surface area contributed by atoms with Gasteiger partial charge in [0.05, 0.1) is 23.1 Å². The minimum Gasteiger partial charge on any atom is -0.228 e. The molecule has 98 valence electrons. The molecule has 0 bridgehead atoms. The molecule has 0 atom stereocenters. The maximum absolute atomic E-state index is 11.9. The summed E-state index contributed by atoms with van der Waals surface area (Å²) in [6.07, 6.45) is 3.91. The average Bonchev–Trinajstić information content (AvgIpc) is 2.35. The number of nitriles is 1. The highest BCUT2D eigenvalue weighted by molar-refractivity contribution is 7.90. The van der Waals surface area contributed by atoms with Crippen molar-refractivity contribution in [1.82, 2.24) is 0 Å². The van der Waals surface area contributed by atoms with Gasteiger partial charge in [0.1, 0.15) is 0 Å². The first-order valence-electron chi connectivity index (χ1n) is 6.27. The summed E-state index contributed by atoms with van der Waals surface area (Å²) in [7, 11) is -3.02. The summed E-state index contributed by atoms with van der Waals surface area (Å²) in [5.41, 5.74) is 1.31. The van der Waals surface area contributed by atoms with Gasteiger partial charge in [-0.25, -0.2) is 8.42 Å². The van der Waals surface area contributed by atoms with Gasteiger partial charge in [-0.2, -0.15) is 5.26 Å². The summed E-state index contributed by atoms with van der Waals surface area (Å²) in [6, 6.07) is 8.75. The second-order valence-corrected chi connectivity index (χ2v) is 6.65. The van der Waals surface area contributed by atoms with Crippen LogP contribution in [0.25, 0.3) is 0 Å². The van der Waals surface area contributed by atoms with Crippen LogP contribution in [0.5, 0.6) is 0 Å². The number of hydrogen-bond donors (Lipinski definition) is 0. The summed E-state index contributed by atoms with van der Waals surface area (Å²) < 4.78 is 23.7. The van der Waals surface area contributed by atoms with Crippen molar-refractivity contribution in [3.05, 3.63) is 35.4 Å². The van der Waals surface area contributed by atoms with Crippen molar-refractivity contribution in [2.75, 3.05) is 5.75 Å². The fraction of sp³-hybridized carbons (Fsp3) is 0.500. The van der Waals surface area contributed by atoms with E-state index in [9.17, 15) is 8.42 Å². The van der Waals surface area contributed by atoms with E-state index in [0.717, 1.165) is 31.2 Å². The molecule has 0 saturated carbocycles. The van der Waals surface area contributed by atoms with Gasteiger partial charge in [0.25, 0.3) is 0 Å². The molecule has 0 radical (unpaired) electrons. The summed E-state index contributed by atoms with van der Waals surface area (Å²) in [5, 5.41) is 8.66. The van der Waals surface area contributed by atoms with Gasteiger partial charge in [-0.3, -0.25) is 0 Å². The molecule has 0 aliphatic carbocycles. The Labute approximate surface area is 109 Å². The highest BCUT2D eigenvalue weighted by Crippen LogP contribution is 2.10. The van der Waals surface area contributed by atoms with Crippen LogP contribution in [0.1, 0.15) is 43.7 Å². The number of benzene rings is 1. The van der Waals surface area contributed by atoms with Crippen LogP contribution in [-0.2, 0) is 15.6 Å². The Balaban J connectivity index is 2.51. The van der Waals surface area contributed by atoms with Gasteiger partial charge in [0, 0.05) is 0 Å². The van der Waals surface area contributed by atoms with E-state index >= 15 is 0 Å². The smallest absolute Gasteiger partial charge is 0.154 e. The molecule has 18 heavy (non-hydrogen) atoms. The van der Waals surface area contributed by atoms with E-state index < -0.39 is 9.84 Å². The minimum atomic E-state index is -3.02. The normalized spacial score (nSPS) is 11.1. The first-order valence-corrected chi connectivity index (χ1v) is 8.09. The number of nitrogens with zero attached hydrogens (tertiary/aromatic N) is 1. The lowest BCUT2D eigenvalue weighted by Crippen LogP contribution is -2.09. The maximum Gasteiger partial charge on any atom is 0.154 e.